The van der Waals surface area contributed by atoms with Crippen LogP contribution in [0.15, 0.2) is 24.3 Å². The van der Waals surface area contributed by atoms with Crippen LogP contribution in [0.2, 0.25) is 0 Å². The lowest BCUT2D eigenvalue weighted by Gasteiger charge is -2.31. The molecular weight excluding hydrogens is 310 g/mol. The Bertz CT molecular complexity index is 630. The molecule has 3 N–H and O–H groups in total. The number of methoxy groups -OCH3 is 1. The van der Waals surface area contributed by atoms with E-state index in [0.29, 0.717) is 13.0 Å². The molecule has 7 heteroatoms. The van der Waals surface area contributed by atoms with Gasteiger partial charge in [0.15, 0.2) is 12.6 Å². The highest BCUT2D eigenvalue weighted by Crippen LogP contribution is 2.14. The number of esters is 1. The number of carbonyl (C=O) groups excluding carboxylic acids is 3. The molecule has 0 saturated carbocycles. The van der Waals surface area contributed by atoms with E-state index in [1.165, 1.54) is 7.11 Å². The Balaban J connectivity index is 2.07. The molecule has 0 aromatic heterocycles. The zero-order valence-corrected chi connectivity index (χ0v) is 14.2. The average molecular weight is 334 g/mol. The molecule has 1 unspecified atom stereocenters. The highest BCUT2D eigenvalue weighted by atomic mass is 16.5. The van der Waals surface area contributed by atoms with Crippen LogP contribution >= 0.6 is 0 Å². The van der Waals surface area contributed by atoms with Gasteiger partial charge in [-0.1, -0.05) is 24.3 Å². The van der Waals surface area contributed by atoms with Crippen molar-refractivity contribution in [3.63, 3.8) is 0 Å². The minimum absolute atomic E-state index is 0.0274. The van der Waals surface area contributed by atoms with Gasteiger partial charge in [-0.15, -0.1) is 0 Å². The van der Waals surface area contributed by atoms with Crippen molar-refractivity contribution in [1.82, 2.24) is 10.6 Å². The van der Waals surface area contributed by atoms with Gasteiger partial charge in [0, 0.05) is 18.0 Å². The smallest absolute Gasteiger partial charge is 0.365 e. The first-order valence-corrected chi connectivity index (χ1v) is 8.00. The fraction of sp³-hybridized carbons (Fsp3) is 0.471. The highest BCUT2D eigenvalue weighted by Gasteiger charge is 2.37. The number of ether oxygens (including phenoxy) is 1. The molecule has 0 radical (unpaired) electrons. The van der Waals surface area contributed by atoms with Crippen LogP contribution in [0.1, 0.15) is 25.0 Å². The zero-order valence-electron chi connectivity index (χ0n) is 14.2. The van der Waals surface area contributed by atoms with Crippen molar-refractivity contribution in [2.24, 2.45) is 0 Å². The average Bonchev–Trinajstić information content (AvgIpc) is 2.52. The van der Waals surface area contributed by atoms with Crippen LogP contribution < -0.4 is 15.5 Å². The van der Waals surface area contributed by atoms with Crippen LogP contribution in [0, 0.1) is 0 Å². The van der Waals surface area contributed by atoms with E-state index in [2.05, 4.69) is 10.6 Å². The number of urea groups is 1. The van der Waals surface area contributed by atoms with Gasteiger partial charge < -0.3 is 15.0 Å². The first-order chi connectivity index (χ1) is 11.4. The second kappa shape index (κ2) is 7.92. The lowest BCUT2D eigenvalue weighted by molar-refractivity contribution is -0.924. The number of quaternary nitrogens is 1. The zero-order chi connectivity index (χ0) is 17.7. The molecular formula is C17H24N3O4+. The summed E-state index contributed by atoms with van der Waals surface area (Å²) in [5.41, 5.74) is 2.20. The van der Waals surface area contributed by atoms with Crippen LogP contribution in [-0.2, 0) is 27.3 Å². The SMILES string of the molecule is COC(=O)[C@@H]1Cc2ccccc2C[NH+]1CC(=O)NC(=O)NC(C)C. The first kappa shape index (κ1) is 17.9. The van der Waals surface area contributed by atoms with E-state index in [-0.39, 0.29) is 18.6 Å². The van der Waals surface area contributed by atoms with E-state index in [0.717, 1.165) is 16.0 Å². The number of hydrogen-bond donors (Lipinski definition) is 3. The van der Waals surface area contributed by atoms with Gasteiger partial charge in [-0.3, -0.25) is 10.1 Å². The van der Waals surface area contributed by atoms with Gasteiger partial charge in [0.05, 0.1) is 7.11 Å². The summed E-state index contributed by atoms with van der Waals surface area (Å²) in [5, 5.41) is 4.90. The topological polar surface area (TPSA) is 88.9 Å². The fourth-order valence-electron chi connectivity index (χ4n) is 2.91. The lowest BCUT2D eigenvalue weighted by atomic mass is 9.94. The van der Waals surface area contributed by atoms with Gasteiger partial charge in [0.2, 0.25) is 0 Å². The number of nitrogens with one attached hydrogen (secondary N) is 3. The van der Waals surface area contributed by atoms with E-state index >= 15 is 0 Å². The minimum atomic E-state index is -0.526. The van der Waals surface area contributed by atoms with Crippen molar-refractivity contribution in [2.45, 2.75) is 38.9 Å². The van der Waals surface area contributed by atoms with Crippen molar-refractivity contribution >= 4 is 17.9 Å². The van der Waals surface area contributed by atoms with Crippen LogP contribution in [0.3, 0.4) is 0 Å². The fourth-order valence-corrected chi connectivity index (χ4v) is 2.91. The van der Waals surface area contributed by atoms with E-state index in [9.17, 15) is 14.4 Å². The van der Waals surface area contributed by atoms with E-state index in [1.807, 2.05) is 38.1 Å². The third-order valence-electron chi connectivity index (χ3n) is 4.00. The summed E-state index contributed by atoms with van der Waals surface area (Å²) in [4.78, 5) is 36.6. The Labute approximate surface area is 141 Å². The summed E-state index contributed by atoms with van der Waals surface area (Å²) in [7, 11) is 1.34. The molecule has 7 nitrogen and oxygen atoms in total. The van der Waals surface area contributed by atoms with Crippen molar-refractivity contribution < 1.29 is 24.0 Å². The quantitative estimate of drug-likeness (QED) is 0.642. The molecule has 0 bridgehead atoms. The highest BCUT2D eigenvalue weighted by molar-refractivity contribution is 5.94. The normalized spacial score (nSPS) is 19.3. The van der Waals surface area contributed by atoms with Crippen LogP contribution in [0.5, 0.6) is 0 Å². The molecule has 0 spiro atoms. The predicted octanol–water partition coefficient (Wildman–Crippen LogP) is -0.597. The monoisotopic (exact) mass is 334 g/mol. The van der Waals surface area contributed by atoms with Crippen molar-refractivity contribution in [3.8, 4) is 0 Å². The van der Waals surface area contributed by atoms with Gasteiger partial charge in [0.25, 0.3) is 5.91 Å². The van der Waals surface area contributed by atoms with Gasteiger partial charge >= 0.3 is 12.0 Å². The summed E-state index contributed by atoms with van der Waals surface area (Å²) >= 11 is 0. The number of rotatable bonds is 4. The Hall–Kier alpha value is -2.41. The molecule has 1 aliphatic rings. The lowest BCUT2D eigenvalue weighted by Crippen LogP contribution is -3.17. The van der Waals surface area contributed by atoms with Crippen LogP contribution in [-0.4, -0.2) is 43.6 Å². The van der Waals surface area contributed by atoms with Crippen molar-refractivity contribution in [2.75, 3.05) is 13.7 Å². The number of amides is 3. The second-order valence-electron chi connectivity index (χ2n) is 6.24. The van der Waals surface area contributed by atoms with Crippen LogP contribution in [0.25, 0.3) is 0 Å². The minimum Gasteiger partial charge on any atom is -0.465 e. The Morgan fingerprint density at radius 2 is 1.92 bits per heavy atom. The molecule has 0 fully saturated rings. The van der Waals surface area contributed by atoms with E-state index < -0.39 is 18.0 Å². The van der Waals surface area contributed by atoms with Gasteiger partial charge in [-0.25, -0.2) is 9.59 Å². The summed E-state index contributed by atoms with van der Waals surface area (Å²) < 4.78 is 4.88. The van der Waals surface area contributed by atoms with Gasteiger partial charge in [-0.2, -0.15) is 0 Å². The molecule has 0 aliphatic carbocycles. The molecule has 1 heterocycles. The molecule has 2 atom stereocenters. The van der Waals surface area contributed by atoms with E-state index in [4.69, 9.17) is 4.74 Å². The largest absolute Gasteiger partial charge is 0.465 e. The number of carbonyl (C=O) groups is 3. The number of hydrogen-bond acceptors (Lipinski definition) is 4. The molecule has 0 saturated heterocycles. The van der Waals surface area contributed by atoms with E-state index in [1.54, 1.807) is 0 Å². The maximum absolute atomic E-state index is 12.1. The summed E-state index contributed by atoms with van der Waals surface area (Å²) in [6.07, 6.45) is 0.518. The number of imide groups is 1. The van der Waals surface area contributed by atoms with Gasteiger partial charge in [-0.05, 0) is 19.4 Å². The summed E-state index contributed by atoms with van der Waals surface area (Å²) in [6.45, 7) is 4.18. The Morgan fingerprint density at radius 1 is 1.25 bits per heavy atom. The second-order valence-corrected chi connectivity index (χ2v) is 6.24. The molecule has 2 rings (SSSR count). The summed E-state index contributed by atoms with van der Waals surface area (Å²) in [6, 6.07) is 6.80. The number of fused-ring (bicyclic) bond motifs is 1. The van der Waals surface area contributed by atoms with Crippen molar-refractivity contribution in [3.05, 3.63) is 35.4 Å². The molecule has 1 aromatic rings. The van der Waals surface area contributed by atoms with Crippen molar-refractivity contribution in [1.29, 1.82) is 0 Å². The van der Waals surface area contributed by atoms with Gasteiger partial charge in [0.1, 0.15) is 6.54 Å². The third-order valence-corrected chi connectivity index (χ3v) is 4.00. The molecule has 130 valence electrons. The molecule has 24 heavy (non-hydrogen) atoms. The first-order valence-electron chi connectivity index (χ1n) is 8.00. The number of benzene rings is 1. The van der Waals surface area contributed by atoms with Crippen LogP contribution in [0.4, 0.5) is 4.79 Å². The third kappa shape index (κ3) is 4.55. The molecule has 3 amide bonds. The molecule has 1 aliphatic heterocycles. The Kier molecular flexibility index (Phi) is 5.92. The molecule has 1 aromatic carbocycles. The predicted molar refractivity (Wildman–Crippen MR) is 87.3 cm³/mol. The standard InChI is InChI=1S/C17H23N3O4/c1-11(2)18-17(23)19-15(21)10-20-9-13-7-5-4-6-12(13)8-14(20)16(22)24-3/h4-7,11,14H,8-10H2,1-3H3,(H2,18,19,21,23)/p+1/t14-/m0/s1. The maximum atomic E-state index is 12.1. The maximum Gasteiger partial charge on any atom is 0.365 e. The Morgan fingerprint density at radius 3 is 2.54 bits per heavy atom. The summed E-state index contributed by atoms with van der Waals surface area (Å²) in [5.74, 6) is -0.768.